The first kappa shape index (κ1) is 18.0. The molecule has 0 spiro atoms. The Labute approximate surface area is 127 Å². The van der Waals surface area contributed by atoms with Crippen molar-refractivity contribution in [1.82, 2.24) is 4.90 Å². The van der Waals surface area contributed by atoms with E-state index in [2.05, 4.69) is 13.8 Å². The number of allylic oxidation sites excluding steroid dienone is 1. The summed E-state index contributed by atoms with van der Waals surface area (Å²) in [7, 11) is 3.43. The number of nitrogens with zero attached hydrogens (tertiary/aromatic N) is 1. The van der Waals surface area contributed by atoms with Crippen molar-refractivity contribution in [2.75, 3.05) is 27.3 Å². The van der Waals surface area contributed by atoms with Gasteiger partial charge in [-0.3, -0.25) is 4.79 Å². The van der Waals surface area contributed by atoms with Crippen LogP contribution < -0.4 is 0 Å². The lowest BCUT2D eigenvalue weighted by atomic mass is 9.78. The molecule has 0 saturated heterocycles. The predicted octanol–water partition coefficient (Wildman–Crippen LogP) is 2.01. The molecule has 0 bridgehead atoms. The lowest BCUT2D eigenvalue weighted by Gasteiger charge is -2.38. The van der Waals surface area contributed by atoms with E-state index in [0.717, 1.165) is 6.42 Å². The van der Waals surface area contributed by atoms with E-state index in [1.54, 1.807) is 14.1 Å². The first-order valence-corrected chi connectivity index (χ1v) is 7.74. The smallest absolute Gasteiger partial charge is 0.288 e. The summed E-state index contributed by atoms with van der Waals surface area (Å²) < 4.78 is 11.5. The maximum Gasteiger partial charge on any atom is 0.288 e. The van der Waals surface area contributed by atoms with E-state index in [1.807, 2.05) is 13.0 Å². The Kier molecular flexibility index (Phi) is 7.18. The van der Waals surface area contributed by atoms with Crippen molar-refractivity contribution >= 4 is 5.91 Å². The van der Waals surface area contributed by atoms with E-state index in [4.69, 9.17) is 14.6 Å². The first-order chi connectivity index (χ1) is 9.92. The molecule has 21 heavy (non-hydrogen) atoms. The highest BCUT2D eigenvalue weighted by atomic mass is 16.7. The van der Waals surface area contributed by atoms with E-state index in [9.17, 15) is 4.79 Å². The number of hydrogen-bond acceptors (Lipinski definition) is 4. The average Bonchev–Trinajstić information content (AvgIpc) is 2.44. The molecule has 0 aromatic heterocycles. The van der Waals surface area contributed by atoms with E-state index >= 15 is 0 Å². The highest BCUT2D eigenvalue weighted by Gasteiger charge is 2.38. The Morgan fingerprint density at radius 3 is 2.62 bits per heavy atom. The fourth-order valence-corrected chi connectivity index (χ4v) is 2.74. The van der Waals surface area contributed by atoms with Crippen LogP contribution in [-0.4, -0.2) is 49.5 Å². The third-order valence-corrected chi connectivity index (χ3v) is 3.84. The zero-order valence-electron chi connectivity index (χ0n) is 13.8. The van der Waals surface area contributed by atoms with Gasteiger partial charge >= 0.3 is 0 Å². The second-order valence-electron chi connectivity index (χ2n) is 6.02. The molecule has 1 amide bonds. The number of carbonyl (C=O) groups excluding carboxylic acids is 1. The second-order valence-corrected chi connectivity index (χ2v) is 6.02. The van der Waals surface area contributed by atoms with Gasteiger partial charge in [0, 0.05) is 33.2 Å². The van der Waals surface area contributed by atoms with Crippen LogP contribution in [0.1, 0.15) is 33.6 Å². The molecular weight excluding hydrogens is 270 g/mol. The number of amides is 1. The van der Waals surface area contributed by atoms with Crippen LogP contribution in [0.3, 0.4) is 0 Å². The Morgan fingerprint density at radius 1 is 1.48 bits per heavy atom. The van der Waals surface area contributed by atoms with Crippen molar-refractivity contribution in [2.24, 2.45) is 17.8 Å². The number of carbonyl (C=O) groups is 1. The van der Waals surface area contributed by atoms with Crippen LogP contribution in [0, 0.1) is 17.8 Å². The minimum atomic E-state index is -0.419. The quantitative estimate of drug-likeness (QED) is 0.781. The fourth-order valence-electron chi connectivity index (χ4n) is 2.74. The third-order valence-electron chi connectivity index (χ3n) is 3.84. The molecule has 1 N–H and O–H groups in total. The zero-order valence-corrected chi connectivity index (χ0v) is 13.8. The van der Waals surface area contributed by atoms with Crippen molar-refractivity contribution in [3.63, 3.8) is 0 Å². The van der Waals surface area contributed by atoms with E-state index in [0.29, 0.717) is 24.7 Å². The summed E-state index contributed by atoms with van der Waals surface area (Å²) in [5, 5.41) is 9.09. The minimum absolute atomic E-state index is 0.133. The van der Waals surface area contributed by atoms with E-state index < -0.39 is 6.29 Å². The molecule has 1 aliphatic rings. The summed E-state index contributed by atoms with van der Waals surface area (Å²) in [6, 6.07) is 0. The number of rotatable bonds is 7. The van der Waals surface area contributed by atoms with Gasteiger partial charge < -0.3 is 19.5 Å². The lowest BCUT2D eigenvalue weighted by Crippen LogP contribution is -2.41. The van der Waals surface area contributed by atoms with Gasteiger partial charge in [0.25, 0.3) is 5.91 Å². The predicted molar refractivity (Wildman–Crippen MR) is 81.4 cm³/mol. The number of aliphatic hydroxyl groups excluding tert-OH is 1. The van der Waals surface area contributed by atoms with Crippen molar-refractivity contribution in [3.8, 4) is 0 Å². The SMILES string of the molecule is CCO[C@H]1OC(C(=O)N(C)C)=C[C@@H](C(C)C)[C@H]1CCCO. The Balaban J connectivity index is 3.03. The highest BCUT2D eigenvalue weighted by molar-refractivity contribution is 5.91. The molecule has 1 rings (SSSR count). The summed E-state index contributed by atoms with van der Waals surface area (Å²) >= 11 is 0. The molecule has 0 aromatic rings. The second kappa shape index (κ2) is 8.39. The molecule has 122 valence electrons. The van der Waals surface area contributed by atoms with Crippen molar-refractivity contribution in [2.45, 2.75) is 39.9 Å². The standard InChI is InChI=1S/C16H29NO4/c1-6-20-16-12(8-7-9-18)13(11(2)3)10-14(21-16)15(19)17(4)5/h10-13,16,18H,6-9H2,1-5H3/t12-,13+,16+/m1/s1. The van der Waals surface area contributed by atoms with Crippen molar-refractivity contribution < 1.29 is 19.4 Å². The van der Waals surface area contributed by atoms with E-state index in [1.165, 1.54) is 4.90 Å². The monoisotopic (exact) mass is 299 g/mol. The minimum Gasteiger partial charge on any atom is -0.459 e. The van der Waals surface area contributed by atoms with Crippen LogP contribution in [0.15, 0.2) is 11.8 Å². The van der Waals surface area contributed by atoms with Crippen molar-refractivity contribution in [1.29, 1.82) is 0 Å². The summed E-state index contributed by atoms with van der Waals surface area (Å²) in [5.74, 6) is 0.991. The molecule has 1 heterocycles. The molecule has 1 aliphatic heterocycles. The van der Waals surface area contributed by atoms with Gasteiger partial charge in [0.15, 0.2) is 5.76 Å². The number of ether oxygens (including phenoxy) is 2. The largest absolute Gasteiger partial charge is 0.459 e. The van der Waals surface area contributed by atoms with Crippen LogP contribution >= 0.6 is 0 Å². The summed E-state index contributed by atoms with van der Waals surface area (Å²) in [6.07, 6.45) is 3.05. The maximum absolute atomic E-state index is 12.2. The van der Waals surface area contributed by atoms with Gasteiger partial charge in [0.2, 0.25) is 6.29 Å². The number of likely N-dealkylation sites (N-methyl/N-ethyl adjacent to an activating group) is 1. The van der Waals surface area contributed by atoms with Crippen LogP contribution in [-0.2, 0) is 14.3 Å². The fraction of sp³-hybridized carbons (Fsp3) is 0.812. The molecule has 0 aliphatic carbocycles. The molecule has 5 nitrogen and oxygen atoms in total. The zero-order chi connectivity index (χ0) is 16.0. The van der Waals surface area contributed by atoms with Crippen LogP contribution in [0.2, 0.25) is 0 Å². The normalized spacial score (nSPS) is 25.5. The van der Waals surface area contributed by atoms with Gasteiger partial charge in [0.1, 0.15) is 0 Å². The summed E-state index contributed by atoms with van der Waals surface area (Å²) in [4.78, 5) is 13.7. The average molecular weight is 299 g/mol. The van der Waals surface area contributed by atoms with Crippen molar-refractivity contribution in [3.05, 3.63) is 11.8 Å². The molecular formula is C16H29NO4. The van der Waals surface area contributed by atoms with Gasteiger partial charge in [0.05, 0.1) is 0 Å². The van der Waals surface area contributed by atoms with E-state index in [-0.39, 0.29) is 24.3 Å². The van der Waals surface area contributed by atoms with Gasteiger partial charge in [-0.05, 0) is 37.7 Å². The third kappa shape index (κ3) is 4.71. The number of aliphatic hydroxyl groups is 1. The van der Waals surface area contributed by atoms with Gasteiger partial charge in [-0.25, -0.2) is 0 Å². The Hall–Kier alpha value is -1.07. The summed E-state index contributed by atoms with van der Waals surface area (Å²) in [6.45, 7) is 6.89. The highest BCUT2D eigenvalue weighted by Crippen LogP contribution is 2.37. The van der Waals surface area contributed by atoms with Gasteiger partial charge in [-0.2, -0.15) is 0 Å². The molecule has 5 heteroatoms. The molecule has 0 radical (unpaired) electrons. The Bertz CT molecular complexity index is 365. The van der Waals surface area contributed by atoms with Crippen LogP contribution in [0.25, 0.3) is 0 Å². The molecule has 0 fully saturated rings. The topological polar surface area (TPSA) is 59.0 Å². The van der Waals surface area contributed by atoms with Gasteiger partial charge in [-0.1, -0.05) is 13.8 Å². The molecule has 0 aromatic carbocycles. The number of hydrogen-bond donors (Lipinski definition) is 1. The first-order valence-electron chi connectivity index (χ1n) is 7.74. The Morgan fingerprint density at radius 2 is 2.14 bits per heavy atom. The molecule has 3 atom stereocenters. The molecule has 0 saturated carbocycles. The maximum atomic E-state index is 12.2. The lowest BCUT2D eigenvalue weighted by molar-refractivity contribution is -0.177. The molecule has 0 unspecified atom stereocenters. The summed E-state index contributed by atoms with van der Waals surface area (Å²) in [5.41, 5.74) is 0. The van der Waals surface area contributed by atoms with Crippen LogP contribution in [0.4, 0.5) is 0 Å². The van der Waals surface area contributed by atoms with Crippen LogP contribution in [0.5, 0.6) is 0 Å². The van der Waals surface area contributed by atoms with Gasteiger partial charge in [-0.15, -0.1) is 0 Å².